The van der Waals surface area contributed by atoms with Crippen molar-refractivity contribution in [1.82, 2.24) is 5.32 Å². The highest BCUT2D eigenvalue weighted by Gasteiger charge is 2.37. The summed E-state index contributed by atoms with van der Waals surface area (Å²) in [6.45, 7) is 0. The second kappa shape index (κ2) is 2.94. The largest absolute Gasteiger partial charge is 0.507 e. The van der Waals surface area contributed by atoms with Crippen molar-refractivity contribution in [2.24, 2.45) is 5.92 Å². The first kappa shape index (κ1) is 7.86. The minimum atomic E-state index is -1.17. The summed E-state index contributed by atoms with van der Waals surface area (Å²) in [5.41, 5.74) is 0. The summed E-state index contributed by atoms with van der Waals surface area (Å²) in [6.07, 6.45) is 3.15. The summed E-state index contributed by atoms with van der Waals surface area (Å²) < 4.78 is 4.73. The van der Waals surface area contributed by atoms with Crippen LogP contribution >= 0.6 is 0 Å². The van der Waals surface area contributed by atoms with Gasteiger partial charge in [0, 0.05) is 12.0 Å². The third kappa shape index (κ3) is 1.39. The molecule has 0 aromatic rings. The summed E-state index contributed by atoms with van der Waals surface area (Å²) in [5, 5.41) is 11.6. The molecule has 3 aliphatic rings. The van der Waals surface area contributed by atoms with Crippen molar-refractivity contribution in [2.75, 3.05) is 0 Å². The molecule has 0 aromatic heterocycles. The Hall–Kier alpha value is -0.770. The van der Waals surface area contributed by atoms with Gasteiger partial charge in [0.25, 0.3) is 0 Å². The number of hydrogen-bond donors (Lipinski definition) is 2. The molecule has 68 valence electrons. The first-order valence-electron chi connectivity index (χ1n) is 4.41. The number of carboxylic acid groups (broad SMARTS) is 1. The zero-order valence-electron chi connectivity index (χ0n) is 6.82. The monoisotopic (exact) mass is 171 g/mol. The Kier molecular flexibility index (Phi) is 1.92. The van der Waals surface area contributed by atoms with Crippen LogP contribution in [-0.2, 0) is 4.74 Å². The van der Waals surface area contributed by atoms with Crippen LogP contribution < -0.4 is 5.32 Å². The summed E-state index contributed by atoms with van der Waals surface area (Å²) in [6, 6.07) is 0.486. The fraction of sp³-hybridized carbons (Fsp3) is 0.875. The molecule has 1 unspecified atom stereocenters. The van der Waals surface area contributed by atoms with Crippen molar-refractivity contribution < 1.29 is 14.6 Å². The normalized spacial score (nSPS) is 39.5. The van der Waals surface area contributed by atoms with E-state index in [1.165, 1.54) is 12.8 Å². The molecule has 0 amide bonds. The summed E-state index contributed by atoms with van der Waals surface area (Å²) in [5.74, 6) is 0.408. The second-order valence-corrected chi connectivity index (χ2v) is 3.58. The topological polar surface area (TPSA) is 58.6 Å². The van der Waals surface area contributed by atoms with Gasteiger partial charge in [0.1, 0.15) is 0 Å². The molecule has 1 aliphatic carbocycles. The fourth-order valence-electron chi connectivity index (χ4n) is 2.20. The van der Waals surface area contributed by atoms with Gasteiger partial charge in [-0.15, -0.1) is 0 Å². The minimum absolute atomic E-state index is 0.241. The number of nitrogens with one attached hydrogen (secondary N) is 1. The van der Waals surface area contributed by atoms with Gasteiger partial charge >= 0.3 is 6.16 Å². The highest BCUT2D eigenvalue weighted by Crippen LogP contribution is 2.33. The first-order chi connectivity index (χ1) is 5.75. The number of piperidine rings is 2. The van der Waals surface area contributed by atoms with Crippen LogP contribution in [0.1, 0.15) is 25.7 Å². The summed E-state index contributed by atoms with van der Waals surface area (Å²) in [7, 11) is 0. The van der Waals surface area contributed by atoms with Gasteiger partial charge in [-0.25, -0.2) is 4.79 Å². The first-order valence-corrected chi connectivity index (χ1v) is 4.41. The Morgan fingerprint density at radius 2 is 2.00 bits per heavy atom. The van der Waals surface area contributed by atoms with E-state index in [1.807, 2.05) is 0 Å². The Morgan fingerprint density at radius 1 is 1.33 bits per heavy atom. The smallest absolute Gasteiger partial charge is 0.450 e. The molecule has 0 radical (unpaired) electrons. The van der Waals surface area contributed by atoms with Crippen molar-refractivity contribution >= 4 is 6.16 Å². The molecule has 2 saturated heterocycles. The van der Waals surface area contributed by atoms with E-state index in [9.17, 15) is 4.79 Å². The Morgan fingerprint density at radius 3 is 2.42 bits per heavy atom. The maximum atomic E-state index is 10.3. The Labute approximate surface area is 70.9 Å². The molecule has 0 aromatic carbocycles. The van der Waals surface area contributed by atoms with Crippen LogP contribution in [0.5, 0.6) is 0 Å². The van der Waals surface area contributed by atoms with E-state index in [0.29, 0.717) is 12.0 Å². The van der Waals surface area contributed by atoms with Gasteiger partial charge < -0.3 is 9.84 Å². The molecule has 3 fully saturated rings. The lowest BCUT2D eigenvalue weighted by Gasteiger charge is -2.41. The average Bonchev–Trinajstić information content (AvgIpc) is 2.05. The van der Waals surface area contributed by atoms with Crippen LogP contribution in [0.4, 0.5) is 4.79 Å². The van der Waals surface area contributed by atoms with Crippen LogP contribution in [-0.4, -0.2) is 23.5 Å². The van der Waals surface area contributed by atoms with Crippen molar-refractivity contribution in [1.29, 1.82) is 0 Å². The van der Waals surface area contributed by atoms with Crippen LogP contribution in [0.2, 0.25) is 0 Å². The van der Waals surface area contributed by atoms with E-state index in [4.69, 9.17) is 9.84 Å². The third-order valence-electron chi connectivity index (χ3n) is 2.83. The summed E-state index contributed by atoms with van der Waals surface area (Å²) in [4.78, 5) is 10.3. The zero-order chi connectivity index (χ0) is 8.55. The third-order valence-corrected chi connectivity index (χ3v) is 2.83. The molecule has 2 N–H and O–H groups in total. The van der Waals surface area contributed by atoms with E-state index in [1.54, 1.807) is 0 Å². The van der Waals surface area contributed by atoms with Crippen molar-refractivity contribution in [3.05, 3.63) is 0 Å². The lowest BCUT2D eigenvalue weighted by molar-refractivity contribution is -0.0406. The maximum absolute atomic E-state index is 10.3. The molecule has 1 saturated carbocycles. The van der Waals surface area contributed by atoms with Crippen LogP contribution in [0, 0.1) is 5.92 Å². The molecule has 1 atom stereocenters. The molecule has 4 heteroatoms. The molecule has 2 aliphatic heterocycles. The fourth-order valence-corrected chi connectivity index (χ4v) is 2.20. The van der Waals surface area contributed by atoms with E-state index in [0.717, 1.165) is 12.8 Å². The predicted molar refractivity (Wildman–Crippen MR) is 41.8 cm³/mol. The number of ether oxygens (including phenoxy) is 1. The van der Waals surface area contributed by atoms with Gasteiger partial charge in [-0.05, 0) is 25.7 Å². The van der Waals surface area contributed by atoms with Gasteiger partial charge in [-0.1, -0.05) is 0 Å². The lowest BCUT2D eigenvalue weighted by Crippen LogP contribution is -2.53. The number of rotatable bonds is 1. The van der Waals surface area contributed by atoms with E-state index < -0.39 is 6.16 Å². The van der Waals surface area contributed by atoms with E-state index in [-0.39, 0.29) is 6.23 Å². The van der Waals surface area contributed by atoms with E-state index >= 15 is 0 Å². The highest BCUT2D eigenvalue weighted by molar-refractivity contribution is 5.57. The average molecular weight is 171 g/mol. The molecule has 12 heavy (non-hydrogen) atoms. The highest BCUT2D eigenvalue weighted by atomic mass is 16.7. The molecular weight excluding hydrogens is 158 g/mol. The van der Waals surface area contributed by atoms with Gasteiger partial charge in [0.2, 0.25) is 0 Å². The SMILES string of the molecule is O=C(O)OC1NC2CCC1CC2. The number of fused-ring (bicyclic) bond motifs is 3. The van der Waals surface area contributed by atoms with Crippen LogP contribution in [0.25, 0.3) is 0 Å². The lowest BCUT2D eigenvalue weighted by atomic mass is 9.80. The van der Waals surface area contributed by atoms with Crippen LogP contribution in [0.3, 0.4) is 0 Å². The molecular formula is C8H13NO3. The van der Waals surface area contributed by atoms with Crippen molar-refractivity contribution in [3.63, 3.8) is 0 Å². The molecule has 4 nitrogen and oxygen atoms in total. The van der Waals surface area contributed by atoms with Gasteiger partial charge in [-0.2, -0.15) is 0 Å². The molecule has 0 spiro atoms. The predicted octanol–water partition coefficient (Wildman–Crippen LogP) is 1.17. The quantitative estimate of drug-likeness (QED) is 0.581. The number of carbonyl (C=O) groups is 1. The second-order valence-electron chi connectivity index (χ2n) is 3.58. The van der Waals surface area contributed by atoms with Crippen molar-refractivity contribution in [3.8, 4) is 0 Å². The Bertz CT molecular complexity index is 187. The molecule has 2 heterocycles. The maximum Gasteiger partial charge on any atom is 0.507 e. The van der Waals surface area contributed by atoms with Gasteiger partial charge in [-0.3, -0.25) is 5.32 Å². The minimum Gasteiger partial charge on any atom is -0.450 e. The van der Waals surface area contributed by atoms with Gasteiger partial charge in [0.15, 0.2) is 6.23 Å². The summed E-state index contributed by atoms with van der Waals surface area (Å²) >= 11 is 0. The number of hydrogen-bond acceptors (Lipinski definition) is 3. The van der Waals surface area contributed by atoms with Gasteiger partial charge in [0.05, 0.1) is 0 Å². The van der Waals surface area contributed by atoms with Crippen molar-refractivity contribution in [2.45, 2.75) is 38.0 Å². The molecule has 3 rings (SSSR count). The van der Waals surface area contributed by atoms with E-state index in [2.05, 4.69) is 5.32 Å². The molecule has 2 bridgehead atoms. The standard InChI is InChI=1S/C8H13NO3/c10-8(11)12-7-5-1-3-6(9-7)4-2-5/h5-7,9H,1-4H2,(H,10,11). The van der Waals surface area contributed by atoms with Crippen LogP contribution in [0.15, 0.2) is 0 Å². The Balaban J connectivity index is 1.95. The zero-order valence-corrected chi connectivity index (χ0v) is 6.82.